The third kappa shape index (κ3) is 5.35. The Labute approximate surface area is 197 Å². The van der Waals surface area contributed by atoms with Crippen LogP contribution in [-0.4, -0.2) is 47.9 Å². The van der Waals surface area contributed by atoms with E-state index >= 15 is 0 Å². The summed E-state index contributed by atoms with van der Waals surface area (Å²) in [5, 5.41) is 4.19. The predicted molar refractivity (Wildman–Crippen MR) is 131 cm³/mol. The summed E-state index contributed by atoms with van der Waals surface area (Å²) in [6.45, 7) is 8.43. The second-order valence-electron chi connectivity index (χ2n) is 7.93. The fourth-order valence-electron chi connectivity index (χ4n) is 3.93. The van der Waals surface area contributed by atoms with Crippen molar-refractivity contribution in [3.8, 4) is 5.69 Å². The van der Waals surface area contributed by atoms with Gasteiger partial charge in [0.2, 0.25) is 0 Å². The molecule has 1 aliphatic rings. The lowest BCUT2D eigenvalue weighted by atomic mass is 10.1. The van der Waals surface area contributed by atoms with Gasteiger partial charge >= 0.3 is 0 Å². The van der Waals surface area contributed by atoms with Gasteiger partial charge in [-0.15, -0.1) is 0 Å². The highest BCUT2D eigenvalue weighted by atomic mass is 79.9. The third-order valence-electron chi connectivity index (χ3n) is 5.63. The number of rotatable bonds is 6. The van der Waals surface area contributed by atoms with Gasteiger partial charge < -0.3 is 9.30 Å². The lowest BCUT2D eigenvalue weighted by molar-refractivity contribution is 0.0342. The fraction of sp³-hybridized carbons (Fsp3) is 0.280. The molecular formula is C25H27BrN4O2. The molecule has 0 atom stereocenters. The summed E-state index contributed by atoms with van der Waals surface area (Å²) in [5.74, 6) is -0.222. The average molecular weight is 495 g/mol. The van der Waals surface area contributed by atoms with Gasteiger partial charge in [-0.3, -0.25) is 9.69 Å². The van der Waals surface area contributed by atoms with Gasteiger partial charge in [-0.05, 0) is 55.8 Å². The molecule has 0 bridgehead atoms. The van der Waals surface area contributed by atoms with Gasteiger partial charge in [0.1, 0.15) is 0 Å². The van der Waals surface area contributed by atoms with Crippen molar-refractivity contribution >= 4 is 28.1 Å². The number of carbonyl (C=O) groups excluding carboxylic acids is 1. The smallest absolute Gasteiger partial charge is 0.271 e. The molecule has 1 aromatic heterocycles. The van der Waals surface area contributed by atoms with E-state index in [4.69, 9.17) is 4.74 Å². The highest BCUT2D eigenvalue weighted by Crippen LogP contribution is 2.22. The van der Waals surface area contributed by atoms with E-state index in [-0.39, 0.29) is 5.91 Å². The molecule has 0 radical (unpaired) electrons. The second-order valence-corrected chi connectivity index (χ2v) is 8.84. The third-order valence-corrected chi connectivity index (χ3v) is 6.13. The number of hydrogen-bond acceptors (Lipinski definition) is 4. The molecule has 1 aliphatic heterocycles. The van der Waals surface area contributed by atoms with E-state index in [0.29, 0.717) is 5.56 Å². The molecule has 6 nitrogen and oxygen atoms in total. The van der Waals surface area contributed by atoms with E-state index in [1.807, 2.05) is 43.3 Å². The van der Waals surface area contributed by atoms with Gasteiger partial charge in [0.05, 0.1) is 19.4 Å². The number of hydrogen-bond donors (Lipinski definition) is 1. The number of morpholine rings is 1. The molecule has 0 saturated carbocycles. The average Bonchev–Trinajstić information content (AvgIpc) is 3.08. The Bertz CT molecular complexity index is 1120. The van der Waals surface area contributed by atoms with Gasteiger partial charge in [-0.2, -0.15) is 5.10 Å². The minimum atomic E-state index is -0.222. The summed E-state index contributed by atoms with van der Waals surface area (Å²) in [7, 11) is 0. The van der Waals surface area contributed by atoms with Crippen LogP contribution in [0, 0.1) is 13.8 Å². The first kappa shape index (κ1) is 22.5. The van der Waals surface area contributed by atoms with E-state index in [2.05, 4.69) is 61.0 Å². The minimum Gasteiger partial charge on any atom is -0.379 e. The number of aromatic nitrogens is 1. The zero-order chi connectivity index (χ0) is 22.5. The van der Waals surface area contributed by atoms with Gasteiger partial charge in [0.15, 0.2) is 0 Å². The largest absolute Gasteiger partial charge is 0.379 e. The number of aryl methyl sites for hydroxylation is 1. The second kappa shape index (κ2) is 10.3. The van der Waals surface area contributed by atoms with Gasteiger partial charge in [0.25, 0.3) is 5.91 Å². The Balaban J connectivity index is 1.38. The zero-order valence-corrected chi connectivity index (χ0v) is 19.9. The van der Waals surface area contributed by atoms with Crippen LogP contribution in [0.5, 0.6) is 0 Å². The Morgan fingerprint density at radius 2 is 1.88 bits per heavy atom. The molecular weight excluding hydrogens is 468 g/mol. The molecule has 1 N–H and O–H groups in total. The van der Waals surface area contributed by atoms with Gasteiger partial charge in [-0.1, -0.05) is 34.1 Å². The summed E-state index contributed by atoms with van der Waals surface area (Å²) < 4.78 is 8.59. The minimum absolute atomic E-state index is 0.222. The number of halogens is 1. The summed E-state index contributed by atoms with van der Waals surface area (Å²) in [4.78, 5) is 14.8. The molecule has 32 heavy (non-hydrogen) atoms. The van der Waals surface area contributed by atoms with E-state index in [9.17, 15) is 4.79 Å². The standard InChI is InChI=1S/C25H27BrN4O2/c1-18-14-22(19(2)30(18)24-5-3-4-23(26)15-24)16-27-28-25(31)21-8-6-20(7-9-21)17-29-10-12-32-13-11-29/h3-9,14-16H,10-13,17H2,1-2H3,(H,28,31)/b27-16+. The van der Waals surface area contributed by atoms with Crippen molar-refractivity contribution in [2.24, 2.45) is 5.10 Å². The van der Waals surface area contributed by atoms with Crippen molar-refractivity contribution in [2.75, 3.05) is 26.3 Å². The highest BCUT2D eigenvalue weighted by molar-refractivity contribution is 9.10. The number of carbonyl (C=O) groups is 1. The lowest BCUT2D eigenvalue weighted by Crippen LogP contribution is -2.35. The molecule has 2 aromatic carbocycles. The van der Waals surface area contributed by atoms with Crippen LogP contribution in [0.2, 0.25) is 0 Å². The Kier molecular flexibility index (Phi) is 7.19. The molecule has 1 amide bonds. The van der Waals surface area contributed by atoms with Crippen LogP contribution < -0.4 is 5.43 Å². The molecule has 1 saturated heterocycles. The molecule has 0 aliphatic carbocycles. The molecule has 7 heteroatoms. The predicted octanol–water partition coefficient (Wildman–Crippen LogP) is 4.45. The van der Waals surface area contributed by atoms with Gasteiger partial charge in [0, 0.05) is 52.3 Å². The SMILES string of the molecule is Cc1cc(/C=N/NC(=O)c2ccc(CN3CCOCC3)cc2)c(C)n1-c1cccc(Br)c1. The van der Waals surface area contributed by atoms with Crippen molar-refractivity contribution in [3.05, 3.63) is 87.1 Å². The first-order valence-electron chi connectivity index (χ1n) is 10.7. The quantitative estimate of drug-likeness (QED) is 0.406. The first-order valence-corrected chi connectivity index (χ1v) is 11.5. The van der Waals surface area contributed by atoms with Gasteiger partial charge in [-0.25, -0.2) is 5.43 Å². The molecule has 1 fully saturated rings. The maximum absolute atomic E-state index is 12.5. The summed E-state index contributed by atoms with van der Waals surface area (Å²) in [6, 6.07) is 17.9. The molecule has 0 unspecified atom stereocenters. The van der Waals surface area contributed by atoms with Crippen LogP contribution in [0.1, 0.15) is 32.9 Å². The van der Waals surface area contributed by atoms with Crippen molar-refractivity contribution < 1.29 is 9.53 Å². The normalized spacial score (nSPS) is 14.7. The Morgan fingerprint density at radius 3 is 2.59 bits per heavy atom. The number of nitrogens with zero attached hydrogens (tertiary/aromatic N) is 3. The van der Waals surface area contributed by atoms with Crippen LogP contribution in [0.15, 0.2) is 64.2 Å². The number of hydrazone groups is 1. The maximum Gasteiger partial charge on any atom is 0.271 e. The zero-order valence-electron chi connectivity index (χ0n) is 18.3. The molecule has 2 heterocycles. The van der Waals surface area contributed by atoms with Crippen molar-refractivity contribution in [1.82, 2.24) is 14.9 Å². The van der Waals surface area contributed by atoms with E-state index < -0.39 is 0 Å². The van der Waals surface area contributed by atoms with E-state index in [1.54, 1.807) is 6.21 Å². The van der Waals surface area contributed by atoms with Crippen LogP contribution in [-0.2, 0) is 11.3 Å². The molecule has 3 aromatic rings. The maximum atomic E-state index is 12.5. The van der Waals surface area contributed by atoms with Crippen molar-refractivity contribution in [3.63, 3.8) is 0 Å². The van der Waals surface area contributed by atoms with Crippen LogP contribution >= 0.6 is 15.9 Å². The monoisotopic (exact) mass is 494 g/mol. The Morgan fingerprint density at radius 1 is 1.12 bits per heavy atom. The summed E-state index contributed by atoms with van der Waals surface area (Å²) in [6.07, 6.45) is 1.70. The molecule has 4 rings (SSSR count). The van der Waals surface area contributed by atoms with E-state index in [1.165, 1.54) is 5.56 Å². The van der Waals surface area contributed by atoms with Crippen molar-refractivity contribution in [2.45, 2.75) is 20.4 Å². The topological polar surface area (TPSA) is 58.9 Å². The van der Waals surface area contributed by atoms with Crippen LogP contribution in [0.3, 0.4) is 0 Å². The van der Waals surface area contributed by atoms with E-state index in [0.717, 1.165) is 60.0 Å². The fourth-order valence-corrected chi connectivity index (χ4v) is 4.32. The molecule has 166 valence electrons. The van der Waals surface area contributed by atoms with Crippen LogP contribution in [0.25, 0.3) is 5.69 Å². The van der Waals surface area contributed by atoms with Crippen molar-refractivity contribution in [1.29, 1.82) is 0 Å². The first-order chi connectivity index (χ1) is 15.5. The summed E-state index contributed by atoms with van der Waals surface area (Å²) >= 11 is 3.53. The molecule has 0 spiro atoms. The highest BCUT2D eigenvalue weighted by Gasteiger charge is 2.12. The number of amides is 1. The lowest BCUT2D eigenvalue weighted by Gasteiger charge is -2.26. The number of benzene rings is 2. The summed E-state index contributed by atoms with van der Waals surface area (Å²) in [5.41, 5.74) is 8.62. The number of nitrogens with one attached hydrogen (secondary N) is 1. The Hall–Kier alpha value is -2.74. The van der Waals surface area contributed by atoms with Crippen LogP contribution in [0.4, 0.5) is 0 Å². The number of ether oxygens (including phenoxy) is 1.